The number of hydrogen-bond donors (Lipinski definition) is 1. The van der Waals surface area contributed by atoms with E-state index in [4.69, 9.17) is 0 Å². The molecule has 1 aromatic carbocycles. The first kappa shape index (κ1) is 18.1. The van der Waals surface area contributed by atoms with E-state index < -0.39 is 29.5 Å². The van der Waals surface area contributed by atoms with Crippen molar-refractivity contribution in [2.45, 2.75) is 37.7 Å². The summed E-state index contributed by atoms with van der Waals surface area (Å²) in [5, 5.41) is 2.86. The van der Waals surface area contributed by atoms with Crippen molar-refractivity contribution in [1.82, 2.24) is 5.32 Å². The zero-order valence-electron chi connectivity index (χ0n) is 10.8. The fourth-order valence-electron chi connectivity index (χ4n) is 2.40. The number of hydrogen-bond acceptors (Lipinski definition) is 1. The van der Waals surface area contributed by atoms with Gasteiger partial charge in [0.15, 0.2) is 0 Å². The standard InChI is InChI=1S/C13H13F6N.ClH/c14-12(15,16)8-4-5-10(13(17,18)19)9(7-8)11-3-1-2-6-20-11;/h4-5,7,11,20H,1-3,6H2;1H/t11-;/m0./s1. The molecule has 2 rings (SSSR count). The van der Waals surface area contributed by atoms with Crippen LogP contribution in [0.2, 0.25) is 0 Å². The second kappa shape index (κ2) is 6.44. The van der Waals surface area contributed by atoms with Gasteiger partial charge in [-0.15, -0.1) is 12.4 Å². The van der Waals surface area contributed by atoms with E-state index in [-0.39, 0.29) is 18.0 Å². The highest BCUT2D eigenvalue weighted by Crippen LogP contribution is 2.40. The molecule has 120 valence electrons. The van der Waals surface area contributed by atoms with Crippen LogP contribution in [0, 0.1) is 0 Å². The third-order valence-electron chi connectivity index (χ3n) is 3.37. The van der Waals surface area contributed by atoms with Crippen LogP contribution in [0.1, 0.15) is 42.0 Å². The monoisotopic (exact) mass is 333 g/mol. The maximum absolute atomic E-state index is 12.9. The molecule has 1 heterocycles. The molecular weight excluding hydrogens is 320 g/mol. The van der Waals surface area contributed by atoms with Crippen LogP contribution in [0.3, 0.4) is 0 Å². The minimum Gasteiger partial charge on any atom is -0.310 e. The lowest BCUT2D eigenvalue weighted by molar-refractivity contribution is -0.142. The second-order valence-corrected chi connectivity index (χ2v) is 4.80. The average molecular weight is 334 g/mol. The Labute approximate surface area is 124 Å². The summed E-state index contributed by atoms with van der Waals surface area (Å²) >= 11 is 0. The highest BCUT2D eigenvalue weighted by molar-refractivity contribution is 5.85. The number of halogens is 7. The van der Waals surface area contributed by atoms with Crippen LogP contribution in [-0.4, -0.2) is 6.54 Å². The fourth-order valence-corrected chi connectivity index (χ4v) is 2.40. The van der Waals surface area contributed by atoms with E-state index in [0.717, 1.165) is 6.42 Å². The Bertz CT molecular complexity index is 477. The van der Waals surface area contributed by atoms with Gasteiger partial charge in [0.25, 0.3) is 0 Å². The van der Waals surface area contributed by atoms with Crippen molar-refractivity contribution < 1.29 is 26.3 Å². The Morgan fingerprint density at radius 3 is 2.10 bits per heavy atom. The first-order valence-electron chi connectivity index (χ1n) is 6.21. The van der Waals surface area contributed by atoms with Gasteiger partial charge in [-0.2, -0.15) is 26.3 Å². The predicted octanol–water partition coefficient (Wildman–Crippen LogP) is 4.96. The average Bonchev–Trinajstić information content (AvgIpc) is 2.37. The molecule has 1 aromatic rings. The minimum atomic E-state index is -4.65. The van der Waals surface area contributed by atoms with E-state index in [1.54, 1.807) is 0 Å². The lowest BCUT2D eigenvalue weighted by Gasteiger charge is -2.27. The molecule has 1 N–H and O–H groups in total. The van der Waals surface area contributed by atoms with Crippen LogP contribution >= 0.6 is 12.4 Å². The zero-order valence-corrected chi connectivity index (χ0v) is 11.6. The molecular formula is C13H14ClF6N. The molecule has 0 unspecified atom stereocenters. The molecule has 8 heteroatoms. The lowest BCUT2D eigenvalue weighted by atomic mass is 9.91. The largest absolute Gasteiger partial charge is 0.416 e. The van der Waals surface area contributed by atoms with Crippen LogP contribution in [-0.2, 0) is 12.4 Å². The summed E-state index contributed by atoms with van der Waals surface area (Å²) < 4.78 is 76.8. The quantitative estimate of drug-likeness (QED) is 0.716. The molecule has 1 saturated heterocycles. The Kier molecular flexibility index (Phi) is 5.55. The van der Waals surface area contributed by atoms with Crippen molar-refractivity contribution in [3.05, 3.63) is 34.9 Å². The van der Waals surface area contributed by atoms with Crippen molar-refractivity contribution in [2.24, 2.45) is 0 Å². The van der Waals surface area contributed by atoms with Gasteiger partial charge < -0.3 is 5.32 Å². The Balaban J connectivity index is 0.00000220. The maximum atomic E-state index is 12.9. The summed E-state index contributed by atoms with van der Waals surface area (Å²) in [5.74, 6) is 0. The van der Waals surface area contributed by atoms with Gasteiger partial charge in [-0.05, 0) is 43.1 Å². The van der Waals surface area contributed by atoms with Crippen molar-refractivity contribution in [2.75, 3.05) is 6.54 Å². The molecule has 0 aliphatic carbocycles. The topological polar surface area (TPSA) is 12.0 Å². The van der Waals surface area contributed by atoms with E-state index in [1.807, 2.05) is 0 Å². The molecule has 1 aliphatic heterocycles. The molecule has 0 saturated carbocycles. The van der Waals surface area contributed by atoms with E-state index in [2.05, 4.69) is 5.32 Å². The van der Waals surface area contributed by atoms with Crippen LogP contribution in [0.4, 0.5) is 26.3 Å². The maximum Gasteiger partial charge on any atom is 0.416 e. The molecule has 0 bridgehead atoms. The van der Waals surface area contributed by atoms with Crippen LogP contribution in [0.25, 0.3) is 0 Å². The van der Waals surface area contributed by atoms with Gasteiger partial charge in [0.05, 0.1) is 11.1 Å². The molecule has 0 aromatic heterocycles. The summed E-state index contributed by atoms with van der Waals surface area (Å²) in [6.07, 6.45) is -7.38. The number of nitrogens with one attached hydrogen (secondary N) is 1. The molecule has 1 atom stereocenters. The highest BCUT2D eigenvalue weighted by Gasteiger charge is 2.38. The molecule has 1 nitrogen and oxygen atoms in total. The first-order chi connectivity index (χ1) is 9.19. The molecule has 0 amide bonds. The summed E-state index contributed by atoms with van der Waals surface area (Å²) in [4.78, 5) is 0. The van der Waals surface area contributed by atoms with Gasteiger partial charge in [-0.3, -0.25) is 0 Å². The number of benzene rings is 1. The van der Waals surface area contributed by atoms with Crippen molar-refractivity contribution in [1.29, 1.82) is 0 Å². The summed E-state index contributed by atoms with van der Waals surface area (Å²) in [6, 6.07) is 0.942. The first-order valence-corrected chi connectivity index (χ1v) is 6.21. The molecule has 1 aliphatic rings. The van der Waals surface area contributed by atoms with E-state index >= 15 is 0 Å². The van der Waals surface area contributed by atoms with Crippen molar-refractivity contribution in [3.8, 4) is 0 Å². The Hall–Kier alpha value is -0.950. The van der Waals surface area contributed by atoms with Gasteiger partial charge in [0.2, 0.25) is 0 Å². The van der Waals surface area contributed by atoms with Crippen molar-refractivity contribution >= 4 is 12.4 Å². The lowest BCUT2D eigenvalue weighted by Crippen LogP contribution is -2.29. The van der Waals surface area contributed by atoms with E-state index in [1.165, 1.54) is 0 Å². The number of alkyl halides is 6. The summed E-state index contributed by atoms with van der Waals surface area (Å²) in [6.45, 7) is 0.512. The number of piperidine rings is 1. The van der Waals surface area contributed by atoms with E-state index in [9.17, 15) is 26.3 Å². The van der Waals surface area contributed by atoms with Gasteiger partial charge >= 0.3 is 12.4 Å². The summed E-state index contributed by atoms with van der Waals surface area (Å²) in [7, 11) is 0. The molecule has 0 spiro atoms. The predicted molar refractivity (Wildman–Crippen MR) is 68.3 cm³/mol. The van der Waals surface area contributed by atoms with Crippen LogP contribution < -0.4 is 5.32 Å². The molecule has 21 heavy (non-hydrogen) atoms. The molecule has 1 fully saturated rings. The minimum absolute atomic E-state index is 0. The Morgan fingerprint density at radius 1 is 0.952 bits per heavy atom. The van der Waals surface area contributed by atoms with Gasteiger partial charge in [0, 0.05) is 6.04 Å². The second-order valence-electron chi connectivity index (χ2n) is 4.80. The SMILES string of the molecule is Cl.FC(F)(F)c1ccc(C(F)(F)F)c([C@@H]2CCCCN2)c1. The van der Waals surface area contributed by atoms with E-state index in [0.29, 0.717) is 37.6 Å². The summed E-state index contributed by atoms with van der Waals surface area (Å²) in [5.41, 5.74) is -2.36. The fraction of sp³-hybridized carbons (Fsp3) is 0.538. The third-order valence-corrected chi connectivity index (χ3v) is 3.37. The van der Waals surface area contributed by atoms with Gasteiger partial charge in [0.1, 0.15) is 0 Å². The van der Waals surface area contributed by atoms with Crippen LogP contribution in [0.15, 0.2) is 18.2 Å². The highest BCUT2D eigenvalue weighted by atomic mass is 35.5. The van der Waals surface area contributed by atoms with Gasteiger partial charge in [-0.1, -0.05) is 6.42 Å². The van der Waals surface area contributed by atoms with Gasteiger partial charge in [-0.25, -0.2) is 0 Å². The van der Waals surface area contributed by atoms with Crippen molar-refractivity contribution in [3.63, 3.8) is 0 Å². The normalized spacial score (nSPS) is 20.0. The third kappa shape index (κ3) is 4.26. The number of rotatable bonds is 1. The zero-order chi connectivity index (χ0) is 15.0. The Morgan fingerprint density at radius 2 is 1.62 bits per heavy atom. The molecule has 0 radical (unpaired) electrons. The van der Waals surface area contributed by atoms with Crippen LogP contribution in [0.5, 0.6) is 0 Å². The smallest absolute Gasteiger partial charge is 0.310 e.